The molecule has 0 atom stereocenters. The predicted molar refractivity (Wildman–Crippen MR) is 118 cm³/mol. The molecule has 6 nitrogen and oxygen atoms in total. The van der Waals surface area contributed by atoms with Gasteiger partial charge in [0.1, 0.15) is 5.76 Å². The van der Waals surface area contributed by atoms with Crippen LogP contribution in [-0.2, 0) is 14.4 Å². The number of carbonyl (C=O) groups is 1. The highest BCUT2D eigenvalue weighted by Gasteiger charge is 2.26. The molecule has 1 aliphatic carbocycles. The molecule has 2 heterocycles. The number of carbonyl (C=O) groups excluding carboxylic acids is 1. The lowest BCUT2D eigenvalue weighted by molar-refractivity contribution is -0.121. The molecule has 0 bridgehead atoms. The summed E-state index contributed by atoms with van der Waals surface area (Å²) in [4.78, 5) is 23.8. The summed E-state index contributed by atoms with van der Waals surface area (Å²) >= 11 is 3.23. The van der Waals surface area contributed by atoms with Crippen LogP contribution in [0.5, 0.6) is 0 Å². The summed E-state index contributed by atoms with van der Waals surface area (Å²) < 4.78 is 7.41. The summed E-state index contributed by atoms with van der Waals surface area (Å²) in [5, 5.41) is 3.09. The Bertz CT molecular complexity index is 975. The highest BCUT2D eigenvalue weighted by atomic mass is 32.2. The van der Waals surface area contributed by atoms with Gasteiger partial charge in [-0.1, -0.05) is 11.8 Å². The van der Waals surface area contributed by atoms with E-state index in [1.807, 2.05) is 38.2 Å². The average molecular weight is 432 g/mol. The number of allylic oxidation sites excluding steroid dienone is 2. The number of amides is 1. The molecule has 8 heteroatoms. The number of ether oxygens (including phenoxy) is 1. The molecule has 2 N–H and O–H groups in total. The smallest absolute Gasteiger partial charge is 0.227 e. The standard InChI is InChI=1S/C21H25N3O3S2/c1-12-11-22-27-13(2)19(12)29-21-24-17-9-6-15(10-18(17)28-21)23-20(25)14-4-7-16(26-3)8-5-14/h6,9-11,14,16,22H,4-5,7-8H2,1-3H3,(H,23,25). The Labute approximate surface area is 178 Å². The van der Waals surface area contributed by atoms with Gasteiger partial charge in [0.15, 0.2) is 4.34 Å². The normalized spacial score (nSPS) is 22.1. The van der Waals surface area contributed by atoms with Crippen molar-refractivity contribution in [3.05, 3.63) is 40.6 Å². The monoisotopic (exact) mass is 431 g/mol. The van der Waals surface area contributed by atoms with Gasteiger partial charge in [0.05, 0.1) is 21.2 Å². The largest absolute Gasteiger partial charge is 0.386 e. The van der Waals surface area contributed by atoms with Crippen LogP contribution >= 0.6 is 23.1 Å². The van der Waals surface area contributed by atoms with Gasteiger partial charge in [0.2, 0.25) is 5.91 Å². The van der Waals surface area contributed by atoms with E-state index in [-0.39, 0.29) is 11.8 Å². The Morgan fingerprint density at radius 3 is 2.83 bits per heavy atom. The number of methoxy groups -OCH3 is 1. The van der Waals surface area contributed by atoms with Gasteiger partial charge in [-0.3, -0.25) is 4.79 Å². The molecule has 1 saturated carbocycles. The third-order valence-electron chi connectivity index (χ3n) is 5.37. The highest BCUT2D eigenvalue weighted by molar-refractivity contribution is 8.05. The first-order chi connectivity index (χ1) is 14.0. The van der Waals surface area contributed by atoms with Crippen LogP contribution in [0, 0.1) is 5.92 Å². The first-order valence-electron chi connectivity index (χ1n) is 9.76. The van der Waals surface area contributed by atoms with Crippen molar-refractivity contribution in [2.75, 3.05) is 12.4 Å². The minimum absolute atomic E-state index is 0.0641. The molecule has 4 rings (SSSR count). The van der Waals surface area contributed by atoms with E-state index in [9.17, 15) is 4.79 Å². The van der Waals surface area contributed by atoms with Gasteiger partial charge in [0, 0.05) is 24.9 Å². The number of thiazole rings is 1. The van der Waals surface area contributed by atoms with Crippen LogP contribution in [0.3, 0.4) is 0 Å². The number of thioether (sulfide) groups is 1. The van der Waals surface area contributed by atoms with Crippen LogP contribution in [-0.4, -0.2) is 24.1 Å². The summed E-state index contributed by atoms with van der Waals surface area (Å²) in [5.74, 6) is 1.01. The van der Waals surface area contributed by atoms with Crippen molar-refractivity contribution in [1.29, 1.82) is 0 Å². The first-order valence-corrected chi connectivity index (χ1v) is 11.4. The van der Waals surface area contributed by atoms with Crippen LogP contribution in [0.2, 0.25) is 0 Å². The van der Waals surface area contributed by atoms with Gasteiger partial charge in [0.25, 0.3) is 0 Å². The maximum atomic E-state index is 12.6. The Morgan fingerprint density at radius 2 is 2.10 bits per heavy atom. The molecule has 0 spiro atoms. The number of rotatable bonds is 5. The van der Waals surface area contributed by atoms with Crippen LogP contribution in [0.1, 0.15) is 39.5 Å². The number of hydroxylamine groups is 1. The third-order valence-corrected chi connectivity index (χ3v) is 7.76. The van der Waals surface area contributed by atoms with Crippen molar-refractivity contribution in [2.24, 2.45) is 5.92 Å². The minimum atomic E-state index is 0.0641. The fraction of sp³-hybridized carbons (Fsp3) is 0.429. The summed E-state index contributed by atoms with van der Waals surface area (Å²) in [7, 11) is 1.75. The fourth-order valence-electron chi connectivity index (χ4n) is 3.67. The predicted octanol–water partition coefficient (Wildman–Crippen LogP) is 5.20. The molecule has 2 aromatic rings. The van der Waals surface area contributed by atoms with E-state index in [1.54, 1.807) is 30.2 Å². The highest BCUT2D eigenvalue weighted by Crippen LogP contribution is 2.39. The lowest BCUT2D eigenvalue weighted by Crippen LogP contribution is -2.29. The maximum Gasteiger partial charge on any atom is 0.227 e. The van der Waals surface area contributed by atoms with Crippen LogP contribution in [0.15, 0.2) is 45.0 Å². The van der Waals surface area contributed by atoms with E-state index in [4.69, 9.17) is 14.6 Å². The second-order valence-corrected chi connectivity index (χ2v) is 9.68. The number of nitrogens with zero attached hydrogens (tertiary/aromatic N) is 1. The number of nitrogens with one attached hydrogen (secondary N) is 2. The molecule has 1 fully saturated rings. The summed E-state index contributed by atoms with van der Waals surface area (Å²) in [6.07, 6.45) is 5.80. The summed E-state index contributed by atoms with van der Waals surface area (Å²) in [6.45, 7) is 3.98. The van der Waals surface area contributed by atoms with Crippen LogP contribution in [0.25, 0.3) is 10.2 Å². The van der Waals surface area contributed by atoms with Crippen molar-refractivity contribution in [2.45, 2.75) is 50.0 Å². The van der Waals surface area contributed by atoms with E-state index >= 15 is 0 Å². The maximum absolute atomic E-state index is 12.6. The van der Waals surface area contributed by atoms with Gasteiger partial charge in [-0.15, -0.1) is 11.3 Å². The topological polar surface area (TPSA) is 72.5 Å². The zero-order valence-corrected chi connectivity index (χ0v) is 18.4. The van der Waals surface area contributed by atoms with Gasteiger partial charge in [-0.2, -0.15) is 0 Å². The van der Waals surface area contributed by atoms with Gasteiger partial charge in [-0.05, 0) is 63.3 Å². The van der Waals surface area contributed by atoms with Crippen molar-refractivity contribution in [3.63, 3.8) is 0 Å². The summed E-state index contributed by atoms with van der Waals surface area (Å²) in [6, 6.07) is 5.91. The number of hydrogen-bond donors (Lipinski definition) is 2. The number of fused-ring (bicyclic) bond motifs is 1. The van der Waals surface area contributed by atoms with Crippen molar-refractivity contribution >= 4 is 44.9 Å². The molecule has 0 radical (unpaired) electrons. The van der Waals surface area contributed by atoms with Gasteiger partial charge < -0.3 is 14.9 Å². The Balaban J connectivity index is 1.45. The zero-order chi connectivity index (χ0) is 20.4. The van der Waals surface area contributed by atoms with E-state index in [0.717, 1.165) is 62.2 Å². The second kappa shape index (κ2) is 8.77. The fourth-order valence-corrected chi connectivity index (χ4v) is 5.81. The number of aromatic nitrogens is 1. The SMILES string of the molecule is COC1CCC(C(=O)Nc2ccc3nc(SC4=C(C)ONC=C4C)sc3c2)CC1. The van der Waals surface area contributed by atoms with Crippen molar-refractivity contribution in [1.82, 2.24) is 10.5 Å². The molecular weight excluding hydrogens is 406 g/mol. The van der Waals surface area contributed by atoms with Crippen LogP contribution < -0.4 is 10.8 Å². The molecule has 29 heavy (non-hydrogen) atoms. The van der Waals surface area contributed by atoms with E-state index < -0.39 is 0 Å². The van der Waals surface area contributed by atoms with Crippen molar-refractivity contribution < 1.29 is 14.4 Å². The van der Waals surface area contributed by atoms with Gasteiger partial charge >= 0.3 is 0 Å². The molecule has 0 saturated heterocycles. The first kappa shape index (κ1) is 20.3. The molecule has 1 aromatic carbocycles. The summed E-state index contributed by atoms with van der Waals surface area (Å²) in [5.41, 5.74) is 5.67. The Morgan fingerprint density at radius 1 is 1.31 bits per heavy atom. The Hall–Kier alpha value is -2.03. The zero-order valence-electron chi connectivity index (χ0n) is 16.8. The number of hydrogen-bond acceptors (Lipinski definition) is 7. The number of benzene rings is 1. The van der Waals surface area contributed by atoms with Crippen LogP contribution in [0.4, 0.5) is 5.69 Å². The van der Waals surface area contributed by atoms with Gasteiger partial charge in [-0.25, -0.2) is 10.5 Å². The third kappa shape index (κ3) is 4.60. The molecule has 1 aliphatic heterocycles. The molecule has 154 valence electrons. The quantitative estimate of drug-likeness (QED) is 0.678. The lowest BCUT2D eigenvalue weighted by Gasteiger charge is -2.26. The second-order valence-electron chi connectivity index (χ2n) is 7.40. The Kier molecular flexibility index (Phi) is 6.12. The molecule has 2 aliphatic rings. The molecule has 1 aromatic heterocycles. The molecular formula is C21H25N3O3S2. The number of anilines is 1. The molecule has 1 amide bonds. The van der Waals surface area contributed by atoms with E-state index in [1.165, 1.54) is 0 Å². The minimum Gasteiger partial charge on any atom is -0.386 e. The average Bonchev–Trinajstić information content (AvgIpc) is 3.12. The molecule has 0 unspecified atom stereocenters. The van der Waals surface area contributed by atoms with Crippen molar-refractivity contribution in [3.8, 4) is 0 Å². The lowest BCUT2D eigenvalue weighted by atomic mass is 9.87. The van der Waals surface area contributed by atoms with E-state index in [0.29, 0.717) is 6.10 Å². The van der Waals surface area contributed by atoms with E-state index in [2.05, 4.69) is 10.8 Å².